The smallest absolute Gasteiger partial charge is 0.320 e. The highest BCUT2D eigenvalue weighted by Gasteiger charge is 2.28. The molecule has 1 aliphatic heterocycles. The third-order valence-corrected chi connectivity index (χ3v) is 3.28. The zero-order valence-electron chi connectivity index (χ0n) is 8.69. The van der Waals surface area contributed by atoms with Crippen LogP contribution in [-0.4, -0.2) is 28.6 Å². The van der Waals surface area contributed by atoms with Crippen molar-refractivity contribution in [1.82, 2.24) is 10.3 Å². The highest BCUT2D eigenvalue weighted by molar-refractivity contribution is 6.31. The Morgan fingerprint density at radius 2 is 2.44 bits per heavy atom. The number of hydrogen-bond donors (Lipinski definition) is 2. The quantitative estimate of drug-likeness (QED) is 0.825. The lowest BCUT2D eigenvalue weighted by atomic mass is 9.87. The van der Waals surface area contributed by atoms with Crippen LogP contribution in [0.25, 0.3) is 0 Å². The Hall–Kier alpha value is -1.13. The lowest BCUT2D eigenvalue weighted by Gasteiger charge is -2.28. The van der Waals surface area contributed by atoms with Gasteiger partial charge in [0, 0.05) is 17.4 Å². The van der Waals surface area contributed by atoms with E-state index in [9.17, 15) is 4.79 Å². The third kappa shape index (κ3) is 2.33. The molecule has 0 amide bonds. The van der Waals surface area contributed by atoms with Gasteiger partial charge in [0.05, 0.1) is 0 Å². The first-order chi connectivity index (χ1) is 7.68. The molecular weight excluding hydrogens is 228 g/mol. The van der Waals surface area contributed by atoms with Crippen LogP contribution in [0.3, 0.4) is 0 Å². The number of carboxylic acids is 1. The van der Waals surface area contributed by atoms with E-state index in [1.54, 1.807) is 18.5 Å². The van der Waals surface area contributed by atoms with E-state index in [2.05, 4.69) is 10.3 Å². The van der Waals surface area contributed by atoms with Gasteiger partial charge >= 0.3 is 5.97 Å². The minimum Gasteiger partial charge on any atom is -0.480 e. The third-order valence-electron chi connectivity index (χ3n) is 2.94. The Morgan fingerprint density at radius 3 is 3.12 bits per heavy atom. The van der Waals surface area contributed by atoms with Crippen LogP contribution in [0.2, 0.25) is 5.02 Å². The molecule has 2 N–H and O–H groups in total. The maximum atomic E-state index is 10.9. The number of halogens is 1. The summed E-state index contributed by atoms with van der Waals surface area (Å²) in [6.45, 7) is 0.701. The first kappa shape index (κ1) is 11.4. The van der Waals surface area contributed by atoms with Gasteiger partial charge in [0.25, 0.3) is 0 Å². The maximum absolute atomic E-state index is 10.9. The molecule has 1 saturated heterocycles. The summed E-state index contributed by atoms with van der Waals surface area (Å²) in [4.78, 5) is 14.9. The standard InChI is InChI=1S/C11H13ClN2O2/c12-9-2-3-13-6-8(9)7-1-4-14-10(5-7)11(15)16/h2-3,6-7,10,14H,1,4-5H2,(H,15,16). The monoisotopic (exact) mass is 240 g/mol. The van der Waals surface area contributed by atoms with E-state index in [0.717, 1.165) is 12.0 Å². The average Bonchev–Trinajstić information content (AvgIpc) is 2.30. The number of rotatable bonds is 2. The van der Waals surface area contributed by atoms with Crippen molar-refractivity contribution in [1.29, 1.82) is 0 Å². The number of piperidine rings is 1. The van der Waals surface area contributed by atoms with Gasteiger partial charge in [-0.25, -0.2) is 0 Å². The van der Waals surface area contributed by atoms with Gasteiger partial charge in [-0.1, -0.05) is 11.6 Å². The zero-order valence-corrected chi connectivity index (χ0v) is 9.44. The molecule has 2 heterocycles. The second-order valence-electron chi connectivity index (χ2n) is 3.96. The Balaban J connectivity index is 2.16. The first-order valence-electron chi connectivity index (χ1n) is 5.24. The second kappa shape index (κ2) is 4.80. The normalized spacial score (nSPS) is 25.3. The summed E-state index contributed by atoms with van der Waals surface area (Å²) in [6.07, 6.45) is 4.84. The fourth-order valence-electron chi connectivity index (χ4n) is 2.08. The van der Waals surface area contributed by atoms with E-state index >= 15 is 0 Å². The second-order valence-corrected chi connectivity index (χ2v) is 4.37. The van der Waals surface area contributed by atoms with Crippen molar-refractivity contribution in [3.05, 3.63) is 29.0 Å². The number of aliphatic carboxylic acids is 1. The molecule has 1 aliphatic rings. The highest BCUT2D eigenvalue weighted by atomic mass is 35.5. The minimum atomic E-state index is -0.801. The van der Waals surface area contributed by atoms with Crippen molar-refractivity contribution in [2.45, 2.75) is 24.8 Å². The number of aromatic nitrogens is 1. The van der Waals surface area contributed by atoms with Gasteiger partial charge in [-0.2, -0.15) is 0 Å². The molecule has 2 atom stereocenters. The van der Waals surface area contributed by atoms with E-state index in [0.29, 0.717) is 18.0 Å². The Labute approximate surface area is 98.6 Å². The number of carbonyl (C=O) groups is 1. The summed E-state index contributed by atoms with van der Waals surface area (Å²) >= 11 is 6.08. The van der Waals surface area contributed by atoms with Crippen molar-refractivity contribution in [3.63, 3.8) is 0 Å². The van der Waals surface area contributed by atoms with Crippen LogP contribution in [0.4, 0.5) is 0 Å². The molecule has 0 aliphatic carbocycles. The van der Waals surface area contributed by atoms with Gasteiger partial charge in [-0.15, -0.1) is 0 Å². The highest BCUT2D eigenvalue weighted by Crippen LogP contribution is 2.31. The van der Waals surface area contributed by atoms with Crippen LogP contribution in [0.5, 0.6) is 0 Å². The van der Waals surface area contributed by atoms with Crippen LogP contribution >= 0.6 is 11.6 Å². The molecule has 1 aromatic heterocycles. The summed E-state index contributed by atoms with van der Waals surface area (Å²) in [5.41, 5.74) is 0.955. The summed E-state index contributed by atoms with van der Waals surface area (Å²) in [7, 11) is 0. The molecule has 0 radical (unpaired) electrons. The van der Waals surface area contributed by atoms with Gasteiger partial charge in [0.15, 0.2) is 0 Å². The van der Waals surface area contributed by atoms with Crippen LogP contribution in [0.1, 0.15) is 24.3 Å². The van der Waals surface area contributed by atoms with Gasteiger partial charge in [-0.05, 0) is 36.9 Å². The number of nitrogens with one attached hydrogen (secondary N) is 1. The molecule has 4 nitrogen and oxygen atoms in total. The fraction of sp³-hybridized carbons (Fsp3) is 0.455. The van der Waals surface area contributed by atoms with E-state index in [1.165, 1.54) is 0 Å². The molecule has 2 unspecified atom stereocenters. The predicted molar refractivity (Wildman–Crippen MR) is 60.6 cm³/mol. The van der Waals surface area contributed by atoms with Crippen LogP contribution in [0.15, 0.2) is 18.5 Å². The first-order valence-corrected chi connectivity index (χ1v) is 5.62. The summed E-state index contributed by atoms with van der Waals surface area (Å²) in [5, 5.41) is 12.6. The number of pyridine rings is 1. The molecule has 0 aromatic carbocycles. The topological polar surface area (TPSA) is 62.2 Å². The summed E-state index contributed by atoms with van der Waals surface area (Å²) < 4.78 is 0. The molecule has 5 heteroatoms. The van der Waals surface area contributed by atoms with Crippen molar-refractivity contribution >= 4 is 17.6 Å². The largest absolute Gasteiger partial charge is 0.480 e. The average molecular weight is 241 g/mol. The molecular formula is C11H13ClN2O2. The fourth-order valence-corrected chi connectivity index (χ4v) is 2.34. The van der Waals surface area contributed by atoms with Crippen molar-refractivity contribution in [3.8, 4) is 0 Å². The summed E-state index contributed by atoms with van der Waals surface area (Å²) in [6, 6.07) is 1.27. The molecule has 1 aromatic rings. The summed E-state index contributed by atoms with van der Waals surface area (Å²) in [5.74, 6) is -0.617. The van der Waals surface area contributed by atoms with Crippen LogP contribution in [0, 0.1) is 0 Å². The number of carboxylic acid groups (broad SMARTS) is 1. The van der Waals surface area contributed by atoms with Gasteiger partial charge < -0.3 is 10.4 Å². The molecule has 86 valence electrons. The molecule has 16 heavy (non-hydrogen) atoms. The zero-order chi connectivity index (χ0) is 11.5. The molecule has 0 spiro atoms. The lowest BCUT2D eigenvalue weighted by molar-refractivity contribution is -0.140. The minimum absolute atomic E-state index is 0.184. The van der Waals surface area contributed by atoms with E-state index in [-0.39, 0.29) is 5.92 Å². The van der Waals surface area contributed by atoms with E-state index in [4.69, 9.17) is 16.7 Å². The molecule has 0 bridgehead atoms. The Kier molecular flexibility index (Phi) is 3.41. The SMILES string of the molecule is O=C(O)C1CC(c2cnccc2Cl)CCN1. The molecule has 1 fully saturated rings. The van der Waals surface area contributed by atoms with E-state index in [1.807, 2.05) is 0 Å². The molecule has 2 rings (SSSR count). The molecule has 0 saturated carbocycles. The van der Waals surface area contributed by atoms with Crippen molar-refractivity contribution in [2.24, 2.45) is 0 Å². The Morgan fingerprint density at radius 1 is 1.62 bits per heavy atom. The number of hydrogen-bond acceptors (Lipinski definition) is 3. The van der Waals surface area contributed by atoms with Gasteiger partial charge in [0.1, 0.15) is 6.04 Å². The van der Waals surface area contributed by atoms with Gasteiger partial charge in [-0.3, -0.25) is 9.78 Å². The van der Waals surface area contributed by atoms with Crippen molar-refractivity contribution in [2.75, 3.05) is 6.54 Å². The van der Waals surface area contributed by atoms with Crippen LogP contribution < -0.4 is 5.32 Å². The maximum Gasteiger partial charge on any atom is 0.320 e. The van der Waals surface area contributed by atoms with E-state index < -0.39 is 12.0 Å². The van der Waals surface area contributed by atoms with Gasteiger partial charge in [0.2, 0.25) is 0 Å². The van der Waals surface area contributed by atoms with Crippen LogP contribution in [-0.2, 0) is 4.79 Å². The number of nitrogens with zero attached hydrogens (tertiary/aromatic N) is 1. The Bertz CT molecular complexity index is 397. The predicted octanol–water partition coefficient (Wildman–Crippen LogP) is 1.66. The van der Waals surface area contributed by atoms with Crippen molar-refractivity contribution < 1.29 is 9.90 Å². The lowest BCUT2D eigenvalue weighted by Crippen LogP contribution is -2.42.